The van der Waals surface area contributed by atoms with Crippen LogP contribution in [-0.4, -0.2) is 4.98 Å². The SMILES string of the molecule is Clc1cc2cc(I)cnc2cc1Cl. The van der Waals surface area contributed by atoms with Gasteiger partial charge in [0.2, 0.25) is 0 Å². The predicted molar refractivity (Wildman–Crippen MR) is 64.5 cm³/mol. The van der Waals surface area contributed by atoms with Crippen molar-refractivity contribution in [2.24, 2.45) is 0 Å². The summed E-state index contributed by atoms with van der Waals surface area (Å²) >= 11 is 13.9. The Labute approximate surface area is 99.2 Å². The van der Waals surface area contributed by atoms with Crippen molar-refractivity contribution < 1.29 is 0 Å². The van der Waals surface area contributed by atoms with E-state index in [9.17, 15) is 0 Å². The van der Waals surface area contributed by atoms with Crippen molar-refractivity contribution in [3.8, 4) is 0 Å². The summed E-state index contributed by atoms with van der Waals surface area (Å²) in [6, 6.07) is 5.62. The van der Waals surface area contributed by atoms with Gasteiger partial charge in [-0.2, -0.15) is 0 Å². The molecular formula is C9H4Cl2IN. The minimum Gasteiger partial charge on any atom is -0.255 e. The monoisotopic (exact) mass is 323 g/mol. The van der Waals surface area contributed by atoms with E-state index in [1.54, 1.807) is 12.3 Å². The second-order valence-electron chi connectivity index (χ2n) is 2.61. The minimum atomic E-state index is 0.544. The molecule has 0 unspecified atom stereocenters. The molecule has 1 nitrogen and oxygen atoms in total. The van der Waals surface area contributed by atoms with Crippen LogP contribution in [0, 0.1) is 3.57 Å². The van der Waals surface area contributed by atoms with Gasteiger partial charge in [0, 0.05) is 15.2 Å². The zero-order chi connectivity index (χ0) is 9.42. The predicted octanol–water partition coefficient (Wildman–Crippen LogP) is 4.15. The van der Waals surface area contributed by atoms with E-state index in [1.165, 1.54) is 0 Å². The molecule has 0 aliphatic carbocycles. The zero-order valence-corrected chi connectivity index (χ0v) is 10.1. The molecule has 13 heavy (non-hydrogen) atoms. The fourth-order valence-corrected chi connectivity index (χ4v) is 1.90. The number of hydrogen-bond acceptors (Lipinski definition) is 1. The van der Waals surface area contributed by atoms with Crippen LogP contribution in [0.25, 0.3) is 10.9 Å². The maximum Gasteiger partial charge on any atom is 0.0718 e. The van der Waals surface area contributed by atoms with Gasteiger partial charge in [0.1, 0.15) is 0 Å². The maximum atomic E-state index is 5.88. The van der Waals surface area contributed by atoms with Gasteiger partial charge in [0.05, 0.1) is 15.6 Å². The summed E-state index contributed by atoms with van der Waals surface area (Å²) in [5.74, 6) is 0. The third-order valence-corrected chi connectivity index (χ3v) is 3.00. The van der Waals surface area contributed by atoms with Gasteiger partial charge in [-0.15, -0.1) is 0 Å². The van der Waals surface area contributed by atoms with Crippen molar-refractivity contribution in [1.29, 1.82) is 0 Å². The molecule has 0 aliphatic heterocycles. The van der Waals surface area contributed by atoms with E-state index < -0.39 is 0 Å². The fourth-order valence-electron chi connectivity index (χ4n) is 1.10. The molecule has 1 aromatic carbocycles. The number of hydrogen-bond donors (Lipinski definition) is 0. The number of aromatic nitrogens is 1. The highest BCUT2D eigenvalue weighted by Gasteiger charge is 2.01. The molecule has 1 aromatic heterocycles. The topological polar surface area (TPSA) is 12.9 Å². The molecule has 0 bridgehead atoms. The normalized spacial score (nSPS) is 10.7. The second kappa shape index (κ2) is 3.59. The van der Waals surface area contributed by atoms with Crippen LogP contribution in [0.4, 0.5) is 0 Å². The first-order valence-electron chi connectivity index (χ1n) is 3.57. The molecule has 0 amide bonds. The van der Waals surface area contributed by atoms with Gasteiger partial charge in [0.15, 0.2) is 0 Å². The Kier molecular flexibility index (Phi) is 2.62. The van der Waals surface area contributed by atoms with E-state index in [0.29, 0.717) is 10.0 Å². The number of fused-ring (bicyclic) bond motifs is 1. The van der Waals surface area contributed by atoms with Crippen LogP contribution < -0.4 is 0 Å². The number of pyridine rings is 1. The summed E-state index contributed by atoms with van der Waals surface area (Å²) in [5.41, 5.74) is 0.870. The van der Waals surface area contributed by atoms with E-state index >= 15 is 0 Å². The lowest BCUT2D eigenvalue weighted by molar-refractivity contribution is 1.39. The summed E-state index contributed by atoms with van der Waals surface area (Å²) < 4.78 is 1.09. The van der Waals surface area contributed by atoms with Crippen molar-refractivity contribution in [1.82, 2.24) is 4.98 Å². The van der Waals surface area contributed by atoms with E-state index in [4.69, 9.17) is 23.2 Å². The molecular weight excluding hydrogens is 320 g/mol. The average molecular weight is 324 g/mol. The molecule has 0 fully saturated rings. The minimum absolute atomic E-state index is 0.544. The van der Waals surface area contributed by atoms with Gasteiger partial charge in [-0.3, -0.25) is 4.98 Å². The van der Waals surface area contributed by atoms with Crippen molar-refractivity contribution in [2.75, 3.05) is 0 Å². The molecule has 0 N–H and O–H groups in total. The second-order valence-corrected chi connectivity index (χ2v) is 4.67. The summed E-state index contributed by atoms with van der Waals surface area (Å²) in [6.07, 6.45) is 1.80. The van der Waals surface area contributed by atoms with Gasteiger partial charge < -0.3 is 0 Å². The number of nitrogens with zero attached hydrogens (tertiary/aromatic N) is 1. The average Bonchev–Trinajstić information content (AvgIpc) is 2.08. The van der Waals surface area contributed by atoms with Crippen molar-refractivity contribution >= 4 is 56.7 Å². The van der Waals surface area contributed by atoms with E-state index in [0.717, 1.165) is 14.5 Å². The summed E-state index contributed by atoms with van der Waals surface area (Å²) in [4.78, 5) is 4.23. The fraction of sp³-hybridized carbons (Fsp3) is 0. The largest absolute Gasteiger partial charge is 0.255 e. The standard InChI is InChI=1S/C9H4Cl2IN/c10-7-2-5-1-6(12)4-13-9(5)3-8(7)11/h1-4H. The highest BCUT2D eigenvalue weighted by molar-refractivity contribution is 14.1. The Bertz CT molecular complexity index is 470. The third kappa shape index (κ3) is 1.90. The van der Waals surface area contributed by atoms with E-state index in [2.05, 4.69) is 27.6 Å². The van der Waals surface area contributed by atoms with Crippen LogP contribution in [0.3, 0.4) is 0 Å². The van der Waals surface area contributed by atoms with Crippen LogP contribution in [-0.2, 0) is 0 Å². The lowest BCUT2D eigenvalue weighted by Gasteiger charge is -2.00. The van der Waals surface area contributed by atoms with Crippen molar-refractivity contribution in [3.05, 3.63) is 38.0 Å². The highest BCUT2D eigenvalue weighted by Crippen LogP contribution is 2.27. The van der Waals surface area contributed by atoms with E-state index in [1.807, 2.05) is 12.1 Å². The number of halogens is 3. The third-order valence-electron chi connectivity index (χ3n) is 1.69. The van der Waals surface area contributed by atoms with Crippen molar-refractivity contribution in [2.45, 2.75) is 0 Å². The molecule has 0 spiro atoms. The molecule has 0 saturated carbocycles. The highest BCUT2D eigenvalue weighted by atomic mass is 127. The number of benzene rings is 1. The van der Waals surface area contributed by atoms with Crippen LogP contribution >= 0.6 is 45.8 Å². The van der Waals surface area contributed by atoms with Gasteiger partial charge in [-0.05, 0) is 40.8 Å². The molecule has 0 radical (unpaired) electrons. The van der Waals surface area contributed by atoms with Crippen LogP contribution in [0.15, 0.2) is 24.4 Å². The summed E-state index contributed by atoms with van der Waals surface area (Å²) in [7, 11) is 0. The van der Waals surface area contributed by atoms with E-state index in [-0.39, 0.29) is 0 Å². The molecule has 2 rings (SSSR count). The summed E-state index contributed by atoms with van der Waals surface area (Å²) in [6.45, 7) is 0. The first kappa shape index (κ1) is 9.49. The van der Waals surface area contributed by atoms with Gasteiger partial charge in [-0.25, -0.2) is 0 Å². The molecule has 0 aliphatic rings. The molecule has 0 atom stereocenters. The zero-order valence-electron chi connectivity index (χ0n) is 6.39. The quantitative estimate of drug-likeness (QED) is 0.664. The number of rotatable bonds is 0. The molecule has 0 saturated heterocycles. The smallest absolute Gasteiger partial charge is 0.0718 e. The van der Waals surface area contributed by atoms with Crippen LogP contribution in [0.1, 0.15) is 0 Å². The Morgan fingerprint density at radius 1 is 1.08 bits per heavy atom. The lowest BCUT2D eigenvalue weighted by Crippen LogP contribution is -1.81. The lowest BCUT2D eigenvalue weighted by atomic mass is 10.2. The van der Waals surface area contributed by atoms with Crippen molar-refractivity contribution in [3.63, 3.8) is 0 Å². The Morgan fingerprint density at radius 3 is 2.54 bits per heavy atom. The molecule has 66 valence electrons. The van der Waals surface area contributed by atoms with Crippen LogP contribution in [0.5, 0.6) is 0 Å². The Morgan fingerprint density at radius 2 is 1.77 bits per heavy atom. The van der Waals surface area contributed by atoms with Crippen LogP contribution in [0.2, 0.25) is 10.0 Å². The first-order chi connectivity index (χ1) is 6.16. The first-order valence-corrected chi connectivity index (χ1v) is 5.40. The molecule has 2 aromatic rings. The van der Waals surface area contributed by atoms with Gasteiger partial charge >= 0.3 is 0 Å². The summed E-state index contributed by atoms with van der Waals surface area (Å²) in [5, 5.41) is 2.13. The Hall–Kier alpha value is -0.0600. The van der Waals surface area contributed by atoms with Gasteiger partial charge in [0.25, 0.3) is 0 Å². The molecule has 4 heteroatoms. The van der Waals surface area contributed by atoms with Gasteiger partial charge in [-0.1, -0.05) is 23.2 Å². The molecule has 1 heterocycles. The Balaban J connectivity index is 2.81. The maximum absolute atomic E-state index is 5.88.